The molecule has 2 N–H and O–H groups in total. The number of benzene rings is 1. The Labute approximate surface area is 143 Å². The number of hydrogen-bond acceptors (Lipinski definition) is 5. The van der Waals surface area contributed by atoms with E-state index in [4.69, 9.17) is 17.3 Å². The van der Waals surface area contributed by atoms with Crippen molar-refractivity contribution in [1.82, 2.24) is 24.5 Å². The molecule has 0 bridgehead atoms. The third-order valence-electron chi connectivity index (χ3n) is 3.75. The molecular weight excluding hydrogens is 324 g/mol. The van der Waals surface area contributed by atoms with E-state index in [9.17, 15) is 0 Å². The predicted molar refractivity (Wildman–Crippen MR) is 93.9 cm³/mol. The summed E-state index contributed by atoms with van der Waals surface area (Å²) >= 11 is 5.88. The molecule has 0 saturated carbocycles. The van der Waals surface area contributed by atoms with Gasteiger partial charge in [0.1, 0.15) is 17.7 Å². The molecule has 4 aromatic rings. The Morgan fingerprint density at radius 1 is 1.08 bits per heavy atom. The zero-order valence-corrected chi connectivity index (χ0v) is 13.4. The lowest BCUT2D eigenvalue weighted by Crippen LogP contribution is -2.02. The third kappa shape index (κ3) is 2.37. The van der Waals surface area contributed by atoms with Gasteiger partial charge >= 0.3 is 0 Å². The van der Waals surface area contributed by atoms with Gasteiger partial charge in [-0.25, -0.2) is 19.9 Å². The molecule has 4 rings (SSSR count). The van der Waals surface area contributed by atoms with Crippen LogP contribution in [0, 0.1) is 0 Å². The molecule has 6 nitrogen and oxygen atoms in total. The minimum absolute atomic E-state index is 0.416. The highest BCUT2D eigenvalue weighted by Crippen LogP contribution is 2.29. The summed E-state index contributed by atoms with van der Waals surface area (Å²) < 4.78 is 1.95. The highest BCUT2D eigenvalue weighted by molar-refractivity contribution is 6.17. The van der Waals surface area contributed by atoms with E-state index < -0.39 is 0 Å². The first-order valence-corrected chi connectivity index (χ1v) is 7.86. The Bertz CT molecular complexity index is 1010. The summed E-state index contributed by atoms with van der Waals surface area (Å²) in [5.41, 5.74) is 10.2. The molecule has 0 saturated heterocycles. The predicted octanol–water partition coefficient (Wildman–Crippen LogP) is 3.20. The smallest absolute Gasteiger partial charge is 0.168 e. The summed E-state index contributed by atoms with van der Waals surface area (Å²) in [7, 11) is 0. The number of hydrogen-bond donors (Lipinski definition) is 1. The van der Waals surface area contributed by atoms with Crippen LogP contribution in [0.5, 0.6) is 0 Å². The molecule has 0 aliphatic rings. The fourth-order valence-electron chi connectivity index (χ4n) is 2.60. The Morgan fingerprint density at radius 2 is 1.92 bits per heavy atom. The van der Waals surface area contributed by atoms with Crippen LogP contribution in [0.3, 0.4) is 0 Å². The summed E-state index contributed by atoms with van der Waals surface area (Å²) in [6, 6.07) is 11.6. The number of pyridine rings is 1. The highest BCUT2D eigenvalue weighted by Gasteiger charge is 2.17. The Hall–Kier alpha value is -2.99. The fourth-order valence-corrected chi connectivity index (χ4v) is 2.78. The normalized spacial score (nSPS) is 11.0. The number of anilines is 1. The minimum Gasteiger partial charge on any atom is -0.383 e. The molecule has 3 heterocycles. The van der Waals surface area contributed by atoms with Gasteiger partial charge in [-0.15, -0.1) is 11.6 Å². The van der Waals surface area contributed by atoms with Crippen LogP contribution in [-0.2, 0) is 5.88 Å². The van der Waals surface area contributed by atoms with Crippen LogP contribution in [0.25, 0.3) is 28.2 Å². The van der Waals surface area contributed by atoms with Gasteiger partial charge in [0, 0.05) is 17.8 Å². The number of rotatable bonds is 3. The van der Waals surface area contributed by atoms with Gasteiger partial charge in [0.15, 0.2) is 11.5 Å². The second-order valence-corrected chi connectivity index (χ2v) is 5.51. The number of imidazole rings is 1. The molecule has 3 aromatic heterocycles. The van der Waals surface area contributed by atoms with Crippen molar-refractivity contribution in [2.75, 3.05) is 5.73 Å². The monoisotopic (exact) mass is 336 g/mol. The van der Waals surface area contributed by atoms with E-state index >= 15 is 0 Å². The number of fused-ring (bicyclic) bond motifs is 1. The van der Waals surface area contributed by atoms with E-state index in [1.165, 1.54) is 6.33 Å². The van der Waals surface area contributed by atoms with E-state index in [-0.39, 0.29) is 0 Å². The van der Waals surface area contributed by atoms with Gasteiger partial charge in [-0.05, 0) is 29.8 Å². The van der Waals surface area contributed by atoms with E-state index in [0.29, 0.717) is 28.7 Å². The van der Waals surface area contributed by atoms with Gasteiger partial charge in [0.2, 0.25) is 0 Å². The van der Waals surface area contributed by atoms with E-state index in [0.717, 1.165) is 16.8 Å². The number of nitrogens with two attached hydrogens (primary N) is 1. The molecule has 0 atom stereocenters. The maximum Gasteiger partial charge on any atom is 0.168 e. The molecule has 0 unspecified atom stereocenters. The molecule has 0 amide bonds. The number of halogens is 1. The largest absolute Gasteiger partial charge is 0.383 e. The van der Waals surface area contributed by atoms with Crippen molar-refractivity contribution in [2.45, 2.75) is 5.88 Å². The summed E-state index contributed by atoms with van der Waals surface area (Å²) in [6.07, 6.45) is 4.84. The number of aromatic nitrogens is 5. The van der Waals surface area contributed by atoms with Crippen molar-refractivity contribution in [3.8, 4) is 17.1 Å². The fraction of sp³-hybridized carbons (Fsp3) is 0.0588. The van der Waals surface area contributed by atoms with Gasteiger partial charge < -0.3 is 5.73 Å². The van der Waals surface area contributed by atoms with E-state index in [1.54, 1.807) is 12.4 Å². The molecule has 7 heteroatoms. The highest BCUT2D eigenvalue weighted by atomic mass is 35.5. The zero-order valence-electron chi connectivity index (χ0n) is 12.6. The summed E-state index contributed by atoms with van der Waals surface area (Å²) in [4.78, 5) is 17.2. The van der Waals surface area contributed by atoms with Crippen LogP contribution in [0.1, 0.15) is 5.56 Å². The first-order chi connectivity index (χ1) is 11.8. The quantitative estimate of drug-likeness (QED) is 0.581. The Balaban J connectivity index is 2.01. The van der Waals surface area contributed by atoms with Crippen LogP contribution in [0.2, 0.25) is 0 Å². The van der Waals surface area contributed by atoms with Gasteiger partial charge in [0.05, 0.1) is 11.8 Å². The second kappa shape index (κ2) is 5.90. The van der Waals surface area contributed by atoms with Crippen LogP contribution in [-0.4, -0.2) is 24.5 Å². The van der Waals surface area contributed by atoms with Crippen molar-refractivity contribution in [1.29, 1.82) is 0 Å². The number of nitrogens with zero attached hydrogens (tertiary/aromatic N) is 5. The standard InChI is InChI=1S/C17H13ClN6/c18-8-11-3-5-12(6-4-11)24-16(13-2-1-7-21-15(13)19)23-14-9-20-10-22-17(14)24/h1-7,9-10H,8H2,(H2,19,21). The Kier molecular flexibility index (Phi) is 3.59. The maximum absolute atomic E-state index is 6.05. The topological polar surface area (TPSA) is 82.5 Å². The van der Waals surface area contributed by atoms with Crippen LogP contribution >= 0.6 is 11.6 Å². The molecule has 0 radical (unpaired) electrons. The van der Waals surface area contributed by atoms with Crippen LogP contribution in [0.4, 0.5) is 5.82 Å². The SMILES string of the molecule is Nc1ncccc1-c1nc2cncnc2n1-c1ccc(CCl)cc1. The number of nitrogen functional groups attached to an aromatic ring is 1. The van der Waals surface area contributed by atoms with Crippen molar-refractivity contribution < 1.29 is 0 Å². The molecule has 118 valence electrons. The Morgan fingerprint density at radius 3 is 2.67 bits per heavy atom. The zero-order chi connectivity index (χ0) is 16.5. The van der Waals surface area contributed by atoms with Crippen molar-refractivity contribution in [3.63, 3.8) is 0 Å². The summed E-state index contributed by atoms with van der Waals surface area (Å²) in [5.74, 6) is 1.56. The first-order valence-electron chi connectivity index (χ1n) is 7.32. The third-order valence-corrected chi connectivity index (χ3v) is 4.06. The molecule has 0 aliphatic heterocycles. The van der Waals surface area contributed by atoms with Gasteiger partial charge in [-0.1, -0.05) is 12.1 Å². The molecule has 1 aromatic carbocycles. The van der Waals surface area contributed by atoms with Crippen molar-refractivity contribution >= 4 is 28.6 Å². The molecule has 0 spiro atoms. The average molecular weight is 337 g/mol. The second-order valence-electron chi connectivity index (χ2n) is 5.24. The summed E-state index contributed by atoms with van der Waals surface area (Å²) in [5, 5.41) is 0. The van der Waals surface area contributed by atoms with Crippen molar-refractivity contribution in [3.05, 3.63) is 60.7 Å². The van der Waals surface area contributed by atoms with Crippen LogP contribution < -0.4 is 5.73 Å². The van der Waals surface area contributed by atoms with Crippen molar-refractivity contribution in [2.24, 2.45) is 0 Å². The van der Waals surface area contributed by atoms with E-state index in [1.807, 2.05) is 41.0 Å². The molecule has 0 fully saturated rings. The molecule has 0 aliphatic carbocycles. The average Bonchev–Trinajstić information content (AvgIpc) is 3.01. The van der Waals surface area contributed by atoms with Gasteiger partial charge in [0.25, 0.3) is 0 Å². The molecule has 24 heavy (non-hydrogen) atoms. The first kappa shape index (κ1) is 14.6. The lowest BCUT2D eigenvalue weighted by atomic mass is 10.2. The van der Waals surface area contributed by atoms with E-state index in [2.05, 4.69) is 19.9 Å². The summed E-state index contributed by atoms with van der Waals surface area (Å²) in [6.45, 7) is 0. The lowest BCUT2D eigenvalue weighted by molar-refractivity contribution is 1.06. The minimum atomic E-state index is 0.416. The lowest BCUT2D eigenvalue weighted by Gasteiger charge is -2.10. The van der Waals surface area contributed by atoms with Gasteiger partial charge in [-0.2, -0.15) is 0 Å². The van der Waals surface area contributed by atoms with Gasteiger partial charge in [-0.3, -0.25) is 4.57 Å². The maximum atomic E-state index is 6.05. The van der Waals surface area contributed by atoms with Crippen LogP contribution in [0.15, 0.2) is 55.1 Å². The number of alkyl halides is 1. The molecular formula is C17H13ClN6.